The molecular weight excluding hydrogens is 384 g/mol. The summed E-state index contributed by atoms with van der Waals surface area (Å²) in [6.07, 6.45) is 4.58. The molecule has 2 aliphatic rings. The first-order chi connectivity index (χ1) is 12.9. The Hall–Kier alpha value is -1.47. The third-order valence-corrected chi connectivity index (χ3v) is 9.10. The Bertz CT molecular complexity index is 787. The van der Waals surface area contributed by atoms with Crippen molar-refractivity contribution < 1.29 is 18.1 Å². The van der Waals surface area contributed by atoms with Gasteiger partial charge in [0, 0.05) is 7.05 Å². The molecule has 1 amide bonds. The molecule has 1 N–H and O–H groups in total. The zero-order valence-electron chi connectivity index (χ0n) is 15.7. The molecule has 9 heteroatoms. The summed E-state index contributed by atoms with van der Waals surface area (Å²) in [6, 6.07) is 5.76. The number of nitriles is 1. The number of thiophene rings is 1. The number of amides is 1. The predicted octanol–water partition coefficient (Wildman–Crippen LogP) is 0.322. The van der Waals surface area contributed by atoms with Crippen molar-refractivity contribution in [2.75, 3.05) is 39.8 Å². The fourth-order valence-electron chi connectivity index (χ4n) is 3.99. The second-order valence-corrected chi connectivity index (χ2v) is 10.5. The van der Waals surface area contributed by atoms with Gasteiger partial charge in [0.2, 0.25) is 0 Å². The predicted molar refractivity (Wildman–Crippen MR) is 103 cm³/mol. The topological polar surface area (TPSA) is 85.9 Å². The lowest BCUT2D eigenvalue weighted by Gasteiger charge is -2.39. The van der Waals surface area contributed by atoms with Crippen molar-refractivity contribution in [2.24, 2.45) is 0 Å². The van der Waals surface area contributed by atoms with Crippen LogP contribution in [-0.2, 0) is 14.8 Å². The number of quaternary nitrogens is 1. The fourth-order valence-corrected chi connectivity index (χ4v) is 6.57. The van der Waals surface area contributed by atoms with Crippen molar-refractivity contribution in [2.45, 2.75) is 41.9 Å². The van der Waals surface area contributed by atoms with Crippen molar-refractivity contribution in [3.8, 4) is 6.07 Å². The minimum atomic E-state index is -3.42. The normalized spacial score (nSPS) is 21.5. The van der Waals surface area contributed by atoms with E-state index >= 15 is 0 Å². The molecular formula is C18H27N4O3S2+. The molecule has 7 nitrogen and oxygen atoms in total. The van der Waals surface area contributed by atoms with Gasteiger partial charge in [-0.3, -0.25) is 4.79 Å². The number of hydrogen-bond donors (Lipinski definition) is 1. The molecule has 1 aromatic heterocycles. The van der Waals surface area contributed by atoms with Gasteiger partial charge >= 0.3 is 0 Å². The molecule has 2 fully saturated rings. The minimum absolute atomic E-state index is 0.0250. The Morgan fingerprint density at radius 2 is 2.00 bits per heavy atom. The third kappa shape index (κ3) is 4.19. The first-order valence-electron chi connectivity index (χ1n) is 9.44. The van der Waals surface area contributed by atoms with Crippen molar-refractivity contribution >= 4 is 27.3 Å². The molecule has 148 valence electrons. The number of carbonyl (C=O) groups excluding carboxylic acids is 1. The molecule has 0 unspecified atom stereocenters. The molecule has 0 atom stereocenters. The molecule has 0 bridgehead atoms. The van der Waals surface area contributed by atoms with Crippen LogP contribution in [0, 0.1) is 11.3 Å². The van der Waals surface area contributed by atoms with Crippen LogP contribution in [0.15, 0.2) is 21.7 Å². The average Bonchev–Trinajstić information content (AvgIpc) is 3.24. The highest BCUT2D eigenvalue weighted by Gasteiger charge is 2.40. The maximum Gasteiger partial charge on any atom is 0.278 e. The van der Waals surface area contributed by atoms with Gasteiger partial charge < -0.3 is 9.80 Å². The van der Waals surface area contributed by atoms with Crippen molar-refractivity contribution in [1.29, 1.82) is 5.26 Å². The summed E-state index contributed by atoms with van der Waals surface area (Å²) < 4.78 is 27.1. The number of piperazine rings is 1. The monoisotopic (exact) mass is 411 g/mol. The van der Waals surface area contributed by atoms with E-state index in [-0.39, 0.29) is 5.91 Å². The third-order valence-electron chi connectivity index (χ3n) is 5.82. The molecule has 1 aromatic rings. The largest absolute Gasteiger partial charge is 0.325 e. The summed E-state index contributed by atoms with van der Waals surface area (Å²) in [7, 11) is -1.67. The summed E-state index contributed by atoms with van der Waals surface area (Å²) in [5, 5.41) is 11.4. The Morgan fingerprint density at radius 3 is 2.56 bits per heavy atom. The maximum absolute atomic E-state index is 12.8. The van der Waals surface area contributed by atoms with E-state index in [1.807, 2.05) is 0 Å². The summed E-state index contributed by atoms with van der Waals surface area (Å²) in [5.41, 5.74) is -0.668. The molecule has 27 heavy (non-hydrogen) atoms. The molecule has 2 heterocycles. The number of nitrogens with zero attached hydrogens (tertiary/aromatic N) is 3. The fraction of sp³-hybridized carbons (Fsp3) is 0.667. The standard InChI is InChI=1S/C18H26N4O3S2/c1-20(18(15-19)7-3-2-4-8-18)16(23)14-21-9-11-22(12-10-21)27(24,25)17-6-5-13-26-17/h5-6,13H,2-4,7-12,14H2,1H3/p+1. The summed E-state index contributed by atoms with van der Waals surface area (Å²) in [6.45, 7) is 2.34. The van der Waals surface area contributed by atoms with Gasteiger partial charge in [-0.05, 0) is 24.3 Å². The van der Waals surface area contributed by atoms with Crippen LogP contribution in [0.1, 0.15) is 32.1 Å². The average molecular weight is 412 g/mol. The SMILES string of the molecule is CN(C(=O)C[NH+]1CCN(S(=O)(=O)c2cccs2)CC1)C1(C#N)CCCCC1. The lowest BCUT2D eigenvalue weighted by molar-refractivity contribution is -0.896. The number of rotatable bonds is 5. The van der Waals surface area contributed by atoms with Crippen molar-refractivity contribution in [3.05, 3.63) is 17.5 Å². The highest BCUT2D eigenvalue weighted by Crippen LogP contribution is 2.32. The lowest BCUT2D eigenvalue weighted by Crippen LogP contribution is -3.15. The Labute approximate surface area is 165 Å². The van der Waals surface area contributed by atoms with Gasteiger partial charge in [0.1, 0.15) is 9.75 Å². The van der Waals surface area contributed by atoms with Gasteiger partial charge in [-0.1, -0.05) is 25.3 Å². The first kappa shape index (κ1) is 20.3. The van der Waals surface area contributed by atoms with Crippen LogP contribution in [0.4, 0.5) is 0 Å². The molecule has 1 saturated heterocycles. The summed E-state index contributed by atoms with van der Waals surface area (Å²) >= 11 is 1.23. The molecule has 1 aliphatic carbocycles. The van der Waals surface area contributed by atoms with E-state index in [2.05, 4.69) is 6.07 Å². The second kappa shape index (κ2) is 8.27. The van der Waals surface area contributed by atoms with Gasteiger partial charge in [-0.2, -0.15) is 9.57 Å². The van der Waals surface area contributed by atoms with Gasteiger partial charge in [-0.25, -0.2) is 8.42 Å². The second-order valence-electron chi connectivity index (χ2n) is 7.42. The number of sulfonamides is 1. The molecule has 0 radical (unpaired) electrons. The van der Waals surface area contributed by atoms with E-state index in [1.165, 1.54) is 15.6 Å². The Morgan fingerprint density at radius 1 is 1.33 bits per heavy atom. The molecule has 0 aromatic carbocycles. The van der Waals surface area contributed by atoms with Crippen LogP contribution in [-0.4, -0.2) is 68.8 Å². The molecule has 0 spiro atoms. The van der Waals surface area contributed by atoms with Crippen LogP contribution in [0.25, 0.3) is 0 Å². The van der Waals surface area contributed by atoms with E-state index in [9.17, 15) is 18.5 Å². The number of likely N-dealkylation sites (N-methyl/N-ethyl adjacent to an activating group) is 1. The van der Waals surface area contributed by atoms with Crippen LogP contribution in [0.2, 0.25) is 0 Å². The van der Waals surface area contributed by atoms with Crippen molar-refractivity contribution in [3.63, 3.8) is 0 Å². The smallest absolute Gasteiger partial charge is 0.278 e. The number of nitrogens with one attached hydrogen (secondary N) is 1. The van der Waals surface area contributed by atoms with Crippen LogP contribution < -0.4 is 4.90 Å². The summed E-state index contributed by atoms with van der Waals surface area (Å²) in [5.74, 6) is -0.0250. The zero-order chi connectivity index (χ0) is 19.5. The van der Waals surface area contributed by atoms with Gasteiger partial charge in [0.25, 0.3) is 15.9 Å². The van der Waals surface area contributed by atoms with E-state index in [1.54, 1.807) is 29.5 Å². The van der Waals surface area contributed by atoms with Crippen LogP contribution in [0.3, 0.4) is 0 Å². The maximum atomic E-state index is 12.8. The number of hydrogen-bond acceptors (Lipinski definition) is 5. The highest BCUT2D eigenvalue weighted by molar-refractivity contribution is 7.91. The molecule has 1 saturated carbocycles. The van der Waals surface area contributed by atoms with Gasteiger partial charge in [-0.15, -0.1) is 11.3 Å². The minimum Gasteiger partial charge on any atom is -0.325 e. The number of carbonyl (C=O) groups is 1. The Kier molecular flexibility index (Phi) is 6.21. The molecule has 3 rings (SSSR count). The summed E-state index contributed by atoms with van der Waals surface area (Å²) in [4.78, 5) is 15.5. The lowest BCUT2D eigenvalue weighted by atomic mass is 9.81. The van der Waals surface area contributed by atoms with E-state index in [0.717, 1.165) is 37.0 Å². The quantitative estimate of drug-likeness (QED) is 0.756. The van der Waals surface area contributed by atoms with E-state index in [0.29, 0.717) is 36.9 Å². The van der Waals surface area contributed by atoms with Gasteiger partial charge in [0.05, 0.1) is 32.2 Å². The van der Waals surface area contributed by atoms with Crippen LogP contribution >= 0.6 is 11.3 Å². The highest BCUT2D eigenvalue weighted by atomic mass is 32.2. The van der Waals surface area contributed by atoms with E-state index < -0.39 is 15.6 Å². The van der Waals surface area contributed by atoms with Gasteiger partial charge in [0.15, 0.2) is 6.54 Å². The zero-order valence-corrected chi connectivity index (χ0v) is 17.3. The first-order valence-corrected chi connectivity index (χ1v) is 11.8. The van der Waals surface area contributed by atoms with Crippen LogP contribution in [0.5, 0.6) is 0 Å². The van der Waals surface area contributed by atoms with E-state index in [4.69, 9.17) is 0 Å². The Balaban J connectivity index is 1.56. The molecule has 1 aliphatic heterocycles. The van der Waals surface area contributed by atoms with Crippen molar-refractivity contribution in [1.82, 2.24) is 9.21 Å².